The SMILES string of the molecule is CC1=C(c2ccccc2-c2cc(F)cc(F)c2)CCC1=O. The van der Waals surface area contributed by atoms with Crippen LogP contribution in [0.15, 0.2) is 48.0 Å². The van der Waals surface area contributed by atoms with Gasteiger partial charge in [0.15, 0.2) is 5.78 Å². The first-order valence-electron chi connectivity index (χ1n) is 6.85. The zero-order chi connectivity index (χ0) is 15.0. The number of ketones is 1. The van der Waals surface area contributed by atoms with Crippen molar-refractivity contribution in [2.75, 3.05) is 0 Å². The fourth-order valence-electron chi connectivity index (χ4n) is 2.83. The second-order valence-corrected chi connectivity index (χ2v) is 5.23. The fraction of sp³-hybridized carbons (Fsp3) is 0.167. The molecule has 2 aromatic rings. The van der Waals surface area contributed by atoms with Crippen molar-refractivity contribution in [1.82, 2.24) is 0 Å². The normalized spacial score (nSPS) is 14.9. The van der Waals surface area contributed by atoms with Gasteiger partial charge in [-0.2, -0.15) is 0 Å². The lowest BCUT2D eigenvalue weighted by Gasteiger charge is -2.12. The summed E-state index contributed by atoms with van der Waals surface area (Å²) < 4.78 is 26.9. The van der Waals surface area contributed by atoms with E-state index in [0.717, 1.165) is 28.3 Å². The van der Waals surface area contributed by atoms with E-state index in [9.17, 15) is 13.6 Å². The number of Topliss-reactive ketones (excluding diaryl/α,β-unsaturated/α-hetero) is 1. The summed E-state index contributed by atoms with van der Waals surface area (Å²) in [6.45, 7) is 1.81. The summed E-state index contributed by atoms with van der Waals surface area (Å²) in [5, 5.41) is 0. The van der Waals surface area contributed by atoms with Gasteiger partial charge in [-0.05, 0) is 53.3 Å². The third-order valence-electron chi connectivity index (χ3n) is 3.90. The summed E-state index contributed by atoms with van der Waals surface area (Å²) in [5.74, 6) is -1.06. The van der Waals surface area contributed by atoms with Gasteiger partial charge in [0.2, 0.25) is 0 Å². The summed E-state index contributed by atoms with van der Waals surface area (Å²) in [5.41, 5.74) is 3.84. The molecular formula is C18H14F2O. The summed E-state index contributed by atoms with van der Waals surface area (Å²) in [7, 11) is 0. The van der Waals surface area contributed by atoms with Crippen LogP contribution in [0.3, 0.4) is 0 Å². The van der Waals surface area contributed by atoms with Gasteiger partial charge in [-0.15, -0.1) is 0 Å². The smallest absolute Gasteiger partial charge is 0.159 e. The Kier molecular flexibility index (Phi) is 3.42. The summed E-state index contributed by atoms with van der Waals surface area (Å²) in [6.07, 6.45) is 1.19. The first kappa shape index (κ1) is 13.7. The molecule has 0 heterocycles. The Labute approximate surface area is 121 Å². The predicted octanol–water partition coefficient (Wildman–Crippen LogP) is 4.77. The number of carbonyl (C=O) groups is 1. The molecular weight excluding hydrogens is 270 g/mol. The standard InChI is InChI=1S/C18H14F2O/c1-11-15(6-7-18(11)21)17-5-3-2-4-16(17)12-8-13(19)10-14(20)9-12/h2-5,8-10H,6-7H2,1H3. The van der Waals surface area contributed by atoms with E-state index in [4.69, 9.17) is 0 Å². The fourth-order valence-corrected chi connectivity index (χ4v) is 2.83. The van der Waals surface area contributed by atoms with Gasteiger partial charge in [-0.3, -0.25) is 4.79 Å². The predicted molar refractivity (Wildman–Crippen MR) is 78.6 cm³/mol. The summed E-state index contributed by atoms with van der Waals surface area (Å²) in [4.78, 5) is 11.7. The molecule has 0 radical (unpaired) electrons. The number of hydrogen-bond donors (Lipinski definition) is 0. The Morgan fingerprint density at radius 3 is 2.10 bits per heavy atom. The highest BCUT2D eigenvalue weighted by Crippen LogP contribution is 2.37. The molecule has 0 fully saturated rings. The Balaban J connectivity index is 2.19. The minimum Gasteiger partial charge on any atom is -0.295 e. The molecule has 3 heteroatoms. The van der Waals surface area contributed by atoms with Gasteiger partial charge < -0.3 is 0 Å². The highest BCUT2D eigenvalue weighted by Gasteiger charge is 2.22. The van der Waals surface area contributed by atoms with Crippen LogP contribution in [0, 0.1) is 11.6 Å². The van der Waals surface area contributed by atoms with Crippen molar-refractivity contribution in [1.29, 1.82) is 0 Å². The minimum atomic E-state index is -0.604. The zero-order valence-electron chi connectivity index (χ0n) is 11.6. The number of benzene rings is 2. The highest BCUT2D eigenvalue weighted by atomic mass is 19.1. The molecule has 1 aliphatic rings. The third-order valence-corrected chi connectivity index (χ3v) is 3.90. The van der Waals surface area contributed by atoms with Crippen LogP contribution < -0.4 is 0 Å². The van der Waals surface area contributed by atoms with Crippen LogP contribution in [-0.4, -0.2) is 5.78 Å². The van der Waals surface area contributed by atoms with Crippen LogP contribution in [0.1, 0.15) is 25.3 Å². The Morgan fingerprint density at radius 2 is 1.52 bits per heavy atom. The van der Waals surface area contributed by atoms with Crippen LogP contribution in [0.4, 0.5) is 8.78 Å². The van der Waals surface area contributed by atoms with Crippen LogP contribution in [0.25, 0.3) is 16.7 Å². The summed E-state index contributed by atoms with van der Waals surface area (Å²) in [6, 6.07) is 10.9. The maximum absolute atomic E-state index is 13.5. The Morgan fingerprint density at radius 1 is 0.905 bits per heavy atom. The molecule has 0 N–H and O–H groups in total. The Bertz CT molecular complexity index is 739. The largest absolute Gasteiger partial charge is 0.295 e. The van der Waals surface area contributed by atoms with E-state index in [0.29, 0.717) is 18.4 Å². The van der Waals surface area contributed by atoms with Crippen molar-refractivity contribution in [2.24, 2.45) is 0 Å². The molecule has 1 aliphatic carbocycles. The van der Waals surface area contributed by atoms with Crippen molar-refractivity contribution in [3.63, 3.8) is 0 Å². The second-order valence-electron chi connectivity index (χ2n) is 5.23. The van der Waals surface area contributed by atoms with Gasteiger partial charge in [0.05, 0.1) is 0 Å². The topological polar surface area (TPSA) is 17.1 Å². The van der Waals surface area contributed by atoms with E-state index < -0.39 is 11.6 Å². The molecule has 0 spiro atoms. The molecule has 0 aromatic heterocycles. The maximum atomic E-state index is 13.5. The van der Waals surface area contributed by atoms with Crippen molar-refractivity contribution in [2.45, 2.75) is 19.8 Å². The number of allylic oxidation sites excluding steroid dienone is 2. The van der Waals surface area contributed by atoms with Crippen molar-refractivity contribution < 1.29 is 13.6 Å². The van der Waals surface area contributed by atoms with Crippen LogP contribution in [-0.2, 0) is 4.79 Å². The molecule has 0 saturated heterocycles. The minimum absolute atomic E-state index is 0.144. The number of carbonyl (C=O) groups excluding carboxylic acids is 1. The lowest BCUT2D eigenvalue weighted by atomic mass is 9.92. The average molecular weight is 284 g/mol. The quantitative estimate of drug-likeness (QED) is 0.776. The van der Waals surface area contributed by atoms with Crippen molar-refractivity contribution >= 4 is 11.4 Å². The first-order valence-corrected chi connectivity index (χ1v) is 6.85. The van der Waals surface area contributed by atoms with Gasteiger partial charge in [-0.1, -0.05) is 24.3 Å². The molecule has 0 atom stereocenters. The number of halogens is 2. The molecule has 0 saturated carbocycles. The van der Waals surface area contributed by atoms with Crippen LogP contribution in [0.2, 0.25) is 0 Å². The van der Waals surface area contributed by atoms with E-state index in [1.807, 2.05) is 31.2 Å². The monoisotopic (exact) mass is 284 g/mol. The van der Waals surface area contributed by atoms with Crippen LogP contribution >= 0.6 is 0 Å². The summed E-state index contributed by atoms with van der Waals surface area (Å²) >= 11 is 0. The van der Waals surface area contributed by atoms with Crippen molar-refractivity contribution in [3.05, 3.63) is 65.2 Å². The second kappa shape index (κ2) is 5.24. The van der Waals surface area contributed by atoms with Gasteiger partial charge in [0, 0.05) is 12.5 Å². The lowest BCUT2D eigenvalue weighted by molar-refractivity contribution is -0.114. The van der Waals surface area contributed by atoms with Crippen LogP contribution in [0.5, 0.6) is 0 Å². The van der Waals surface area contributed by atoms with Gasteiger partial charge in [0.1, 0.15) is 11.6 Å². The molecule has 0 bridgehead atoms. The molecule has 0 aliphatic heterocycles. The van der Waals surface area contributed by atoms with E-state index in [2.05, 4.69) is 0 Å². The van der Waals surface area contributed by atoms with Gasteiger partial charge in [0.25, 0.3) is 0 Å². The first-order chi connectivity index (χ1) is 10.1. The molecule has 106 valence electrons. The Hall–Kier alpha value is -2.29. The van der Waals surface area contributed by atoms with E-state index in [1.54, 1.807) is 0 Å². The molecule has 0 amide bonds. The number of rotatable bonds is 2. The van der Waals surface area contributed by atoms with Gasteiger partial charge in [-0.25, -0.2) is 8.78 Å². The molecule has 3 rings (SSSR count). The highest BCUT2D eigenvalue weighted by molar-refractivity contribution is 6.07. The lowest BCUT2D eigenvalue weighted by Crippen LogP contribution is -1.93. The van der Waals surface area contributed by atoms with E-state index in [-0.39, 0.29) is 5.78 Å². The van der Waals surface area contributed by atoms with Gasteiger partial charge >= 0.3 is 0 Å². The molecule has 21 heavy (non-hydrogen) atoms. The molecule has 0 unspecified atom stereocenters. The molecule has 1 nitrogen and oxygen atoms in total. The number of hydrogen-bond acceptors (Lipinski definition) is 1. The van der Waals surface area contributed by atoms with E-state index in [1.165, 1.54) is 12.1 Å². The third kappa shape index (κ3) is 2.51. The average Bonchev–Trinajstić information content (AvgIpc) is 2.78. The van der Waals surface area contributed by atoms with Crippen molar-refractivity contribution in [3.8, 4) is 11.1 Å². The maximum Gasteiger partial charge on any atom is 0.159 e. The zero-order valence-corrected chi connectivity index (χ0v) is 11.6. The van der Waals surface area contributed by atoms with E-state index >= 15 is 0 Å². The molecule has 2 aromatic carbocycles.